The monoisotopic (exact) mass is 916 g/mol. The normalized spacial score (nSPS) is 12.7. The van der Waals surface area contributed by atoms with Crippen LogP contribution < -0.4 is 5.32 Å². The summed E-state index contributed by atoms with van der Waals surface area (Å²) in [5, 5.41) is 23.1. The highest BCUT2D eigenvalue weighted by molar-refractivity contribution is 5.76. The summed E-state index contributed by atoms with van der Waals surface area (Å²) < 4.78 is 5.47. The van der Waals surface area contributed by atoms with Crippen molar-refractivity contribution < 1.29 is 24.5 Å². The van der Waals surface area contributed by atoms with Crippen molar-refractivity contribution in [2.45, 2.75) is 328 Å². The third-order valence-electron chi connectivity index (χ3n) is 13.5. The van der Waals surface area contributed by atoms with Crippen LogP contribution in [0.5, 0.6) is 0 Å². The van der Waals surface area contributed by atoms with Gasteiger partial charge in [0.2, 0.25) is 5.91 Å². The number of amides is 1. The zero-order valence-electron chi connectivity index (χ0n) is 43.7. The number of esters is 1. The van der Waals surface area contributed by atoms with Gasteiger partial charge in [0.15, 0.2) is 0 Å². The molecule has 1 amide bonds. The van der Waals surface area contributed by atoms with Gasteiger partial charge in [0, 0.05) is 12.8 Å². The van der Waals surface area contributed by atoms with E-state index in [1.54, 1.807) is 6.08 Å². The zero-order chi connectivity index (χ0) is 47.2. The Morgan fingerprint density at radius 3 is 1.09 bits per heavy atom. The Bertz CT molecular complexity index is 1010. The van der Waals surface area contributed by atoms with Crippen molar-refractivity contribution in [1.29, 1.82) is 0 Å². The van der Waals surface area contributed by atoms with Gasteiger partial charge in [-0.15, -0.1) is 0 Å². The van der Waals surface area contributed by atoms with Crippen LogP contribution in [0.15, 0.2) is 24.3 Å². The SMILES string of the molecule is CCCCCCCCC/C=C\CCCCCCCCCC(=O)OCCCCCCCCCCCC(=O)NC(CO)C(O)/C=C/CCCCCCCCCCCCCCCCCCCCC. The number of hydrogen-bond donors (Lipinski definition) is 3. The number of rotatable bonds is 54. The van der Waals surface area contributed by atoms with Gasteiger partial charge >= 0.3 is 5.97 Å². The molecule has 0 aliphatic carbocycles. The maximum absolute atomic E-state index is 12.5. The quantitative estimate of drug-likeness (QED) is 0.0321. The number of hydrogen-bond acceptors (Lipinski definition) is 5. The Labute approximate surface area is 405 Å². The molecule has 0 heterocycles. The van der Waals surface area contributed by atoms with E-state index in [9.17, 15) is 19.8 Å². The number of aliphatic hydroxyl groups is 2. The standard InChI is InChI=1S/C59H113NO5/c1-3-5-7-9-11-13-15-17-19-21-23-24-25-26-28-30-32-35-39-43-47-51-57(62)56(55-61)60-58(63)52-48-44-40-36-34-38-42-46-50-54-65-59(64)53-49-45-41-37-33-31-29-27-22-20-18-16-14-12-10-8-6-4-2/h20,22,47,51,56-57,61-62H,3-19,21,23-46,48-50,52-55H2,1-2H3,(H,60,63)/b22-20-,51-47+. The molecule has 3 N–H and O–H groups in total. The summed E-state index contributed by atoms with van der Waals surface area (Å²) in [5.41, 5.74) is 0. The molecule has 0 aromatic rings. The average Bonchev–Trinajstić information content (AvgIpc) is 3.31. The van der Waals surface area contributed by atoms with Gasteiger partial charge in [0.25, 0.3) is 0 Å². The third-order valence-corrected chi connectivity index (χ3v) is 13.5. The number of carbonyl (C=O) groups excluding carboxylic acids is 2. The summed E-state index contributed by atoms with van der Waals surface area (Å²) in [4.78, 5) is 24.6. The van der Waals surface area contributed by atoms with Gasteiger partial charge in [0.05, 0.1) is 25.4 Å². The van der Waals surface area contributed by atoms with Crippen LogP contribution in [0.4, 0.5) is 0 Å². The van der Waals surface area contributed by atoms with Gasteiger partial charge in [-0.1, -0.05) is 269 Å². The molecule has 0 radical (unpaired) electrons. The number of allylic oxidation sites excluding steroid dienone is 3. The average molecular weight is 917 g/mol. The Morgan fingerprint density at radius 1 is 0.415 bits per heavy atom. The second kappa shape index (κ2) is 54.9. The molecule has 65 heavy (non-hydrogen) atoms. The van der Waals surface area contributed by atoms with Gasteiger partial charge in [-0.25, -0.2) is 0 Å². The summed E-state index contributed by atoms with van der Waals surface area (Å²) in [6.07, 6.45) is 66.2. The van der Waals surface area contributed by atoms with Gasteiger partial charge in [-0.05, 0) is 57.8 Å². The molecule has 0 bridgehead atoms. The lowest BCUT2D eigenvalue weighted by atomic mass is 10.0. The molecule has 0 saturated heterocycles. The highest BCUT2D eigenvalue weighted by Crippen LogP contribution is 2.17. The fourth-order valence-corrected chi connectivity index (χ4v) is 8.98. The Balaban J connectivity index is 3.50. The first-order chi connectivity index (χ1) is 32.0. The molecule has 2 unspecified atom stereocenters. The molecule has 0 spiro atoms. The molecule has 6 heteroatoms. The van der Waals surface area contributed by atoms with Crippen LogP contribution in [-0.2, 0) is 14.3 Å². The molecule has 0 fully saturated rings. The highest BCUT2D eigenvalue weighted by Gasteiger charge is 2.18. The lowest BCUT2D eigenvalue weighted by Crippen LogP contribution is -2.45. The molecular formula is C59H113NO5. The first-order valence-corrected chi connectivity index (χ1v) is 29.1. The molecule has 0 aromatic heterocycles. The van der Waals surface area contributed by atoms with E-state index in [2.05, 4.69) is 31.3 Å². The molecule has 384 valence electrons. The van der Waals surface area contributed by atoms with Gasteiger partial charge in [0.1, 0.15) is 0 Å². The second-order valence-electron chi connectivity index (χ2n) is 20.0. The van der Waals surface area contributed by atoms with Crippen LogP contribution in [0.2, 0.25) is 0 Å². The van der Waals surface area contributed by atoms with E-state index in [0.717, 1.165) is 57.8 Å². The number of unbranched alkanes of at least 4 members (excludes halogenated alkanes) is 41. The van der Waals surface area contributed by atoms with Crippen molar-refractivity contribution >= 4 is 11.9 Å². The van der Waals surface area contributed by atoms with Crippen LogP contribution in [0.3, 0.4) is 0 Å². The zero-order valence-corrected chi connectivity index (χ0v) is 43.7. The fraction of sp³-hybridized carbons (Fsp3) is 0.898. The first-order valence-electron chi connectivity index (χ1n) is 29.1. The predicted octanol–water partition coefficient (Wildman–Crippen LogP) is 17.9. The van der Waals surface area contributed by atoms with E-state index in [0.29, 0.717) is 19.4 Å². The molecule has 6 nitrogen and oxygen atoms in total. The van der Waals surface area contributed by atoms with E-state index in [4.69, 9.17) is 4.74 Å². The topological polar surface area (TPSA) is 95.9 Å². The van der Waals surface area contributed by atoms with E-state index in [1.807, 2.05) is 6.08 Å². The third kappa shape index (κ3) is 51.6. The maximum Gasteiger partial charge on any atom is 0.305 e. The van der Waals surface area contributed by atoms with Gasteiger partial charge in [-0.2, -0.15) is 0 Å². The molecule has 0 aliphatic heterocycles. The lowest BCUT2D eigenvalue weighted by molar-refractivity contribution is -0.143. The van der Waals surface area contributed by atoms with Crippen LogP contribution in [-0.4, -0.2) is 47.4 Å². The van der Waals surface area contributed by atoms with E-state index >= 15 is 0 Å². The molecule has 0 saturated carbocycles. The summed E-state index contributed by atoms with van der Waals surface area (Å²) in [5.74, 6) is -0.122. The fourth-order valence-electron chi connectivity index (χ4n) is 8.98. The first kappa shape index (κ1) is 63.3. The van der Waals surface area contributed by atoms with E-state index in [1.165, 1.54) is 231 Å². The number of nitrogens with one attached hydrogen (secondary N) is 1. The van der Waals surface area contributed by atoms with Crippen molar-refractivity contribution in [3.05, 3.63) is 24.3 Å². The maximum atomic E-state index is 12.5. The summed E-state index contributed by atoms with van der Waals surface area (Å²) in [7, 11) is 0. The Kier molecular flexibility index (Phi) is 53.5. The van der Waals surface area contributed by atoms with Crippen molar-refractivity contribution in [2.24, 2.45) is 0 Å². The molecule has 0 aromatic carbocycles. The smallest absolute Gasteiger partial charge is 0.305 e. The highest BCUT2D eigenvalue weighted by atomic mass is 16.5. The Hall–Kier alpha value is -1.66. The summed E-state index contributed by atoms with van der Waals surface area (Å²) in [6, 6.07) is -0.649. The molecule has 0 aliphatic rings. The van der Waals surface area contributed by atoms with Crippen LogP contribution in [0.25, 0.3) is 0 Å². The van der Waals surface area contributed by atoms with Crippen LogP contribution in [0.1, 0.15) is 316 Å². The lowest BCUT2D eigenvalue weighted by Gasteiger charge is -2.20. The van der Waals surface area contributed by atoms with Crippen LogP contribution in [0, 0.1) is 0 Å². The summed E-state index contributed by atoms with van der Waals surface area (Å²) in [6.45, 7) is 4.86. The minimum Gasteiger partial charge on any atom is -0.466 e. The number of carbonyl (C=O) groups is 2. The van der Waals surface area contributed by atoms with Crippen molar-refractivity contribution in [2.75, 3.05) is 13.2 Å². The number of aliphatic hydroxyl groups excluding tert-OH is 2. The second-order valence-corrected chi connectivity index (χ2v) is 20.0. The minimum absolute atomic E-state index is 0.0295. The minimum atomic E-state index is -0.863. The largest absolute Gasteiger partial charge is 0.466 e. The van der Waals surface area contributed by atoms with Crippen molar-refractivity contribution in [3.63, 3.8) is 0 Å². The van der Waals surface area contributed by atoms with Gasteiger partial charge < -0.3 is 20.3 Å². The van der Waals surface area contributed by atoms with Crippen molar-refractivity contribution in [3.8, 4) is 0 Å². The van der Waals surface area contributed by atoms with Crippen molar-refractivity contribution in [1.82, 2.24) is 5.32 Å². The van der Waals surface area contributed by atoms with E-state index < -0.39 is 12.1 Å². The molecular weight excluding hydrogens is 803 g/mol. The number of ether oxygens (including phenoxy) is 1. The van der Waals surface area contributed by atoms with E-state index in [-0.39, 0.29) is 18.5 Å². The van der Waals surface area contributed by atoms with Crippen LogP contribution >= 0.6 is 0 Å². The molecule has 2 atom stereocenters. The predicted molar refractivity (Wildman–Crippen MR) is 283 cm³/mol. The Morgan fingerprint density at radius 2 is 0.723 bits per heavy atom. The molecule has 0 rings (SSSR count). The van der Waals surface area contributed by atoms with Gasteiger partial charge in [-0.3, -0.25) is 9.59 Å². The summed E-state index contributed by atoms with van der Waals surface area (Å²) >= 11 is 0.